The SMILES string of the molecule is COC(=O)C(Cc1ccc2ccccc2c1)ON1C(=O)c2ccccc2C1=O. The number of nitrogens with zero attached hydrogens (tertiary/aromatic N) is 1. The Morgan fingerprint density at radius 3 is 2.14 bits per heavy atom. The van der Waals surface area contributed by atoms with Crippen LogP contribution in [0, 0.1) is 0 Å². The summed E-state index contributed by atoms with van der Waals surface area (Å²) in [6.45, 7) is 0. The molecule has 28 heavy (non-hydrogen) atoms. The molecule has 140 valence electrons. The van der Waals surface area contributed by atoms with E-state index in [2.05, 4.69) is 0 Å². The van der Waals surface area contributed by atoms with E-state index in [0.717, 1.165) is 16.3 Å². The van der Waals surface area contributed by atoms with Crippen LogP contribution in [0.15, 0.2) is 66.7 Å². The second kappa shape index (κ2) is 7.25. The van der Waals surface area contributed by atoms with Gasteiger partial charge in [-0.1, -0.05) is 54.6 Å². The van der Waals surface area contributed by atoms with Crippen LogP contribution in [0.2, 0.25) is 0 Å². The number of hydrogen-bond acceptors (Lipinski definition) is 5. The van der Waals surface area contributed by atoms with Gasteiger partial charge >= 0.3 is 5.97 Å². The maximum atomic E-state index is 12.5. The second-order valence-corrected chi connectivity index (χ2v) is 6.45. The molecule has 0 saturated heterocycles. The Kier molecular flexibility index (Phi) is 4.63. The fourth-order valence-corrected chi connectivity index (χ4v) is 3.27. The van der Waals surface area contributed by atoms with Crippen molar-refractivity contribution in [2.24, 2.45) is 0 Å². The molecule has 0 fully saturated rings. The summed E-state index contributed by atoms with van der Waals surface area (Å²) < 4.78 is 4.82. The van der Waals surface area contributed by atoms with Crippen molar-refractivity contribution in [3.05, 3.63) is 83.4 Å². The van der Waals surface area contributed by atoms with Crippen LogP contribution in [-0.4, -0.2) is 36.1 Å². The Labute approximate surface area is 161 Å². The van der Waals surface area contributed by atoms with Gasteiger partial charge < -0.3 is 4.74 Å². The molecule has 1 heterocycles. The highest BCUT2D eigenvalue weighted by Gasteiger charge is 2.39. The Balaban J connectivity index is 1.59. The summed E-state index contributed by atoms with van der Waals surface area (Å²) in [5.41, 5.74) is 1.33. The fraction of sp³-hybridized carbons (Fsp3) is 0.136. The fourth-order valence-electron chi connectivity index (χ4n) is 3.27. The monoisotopic (exact) mass is 375 g/mol. The largest absolute Gasteiger partial charge is 0.467 e. The second-order valence-electron chi connectivity index (χ2n) is 6.45. The molecule has 2 amide bonds. The van der Waals surface area contributed by atoms with Crippen LogP contribution < -0.4 is 0 Å². The minimum Gasteiger partial charge on any atom is -0.467 e. The van der Waals surface area contributed by atoms with E-state index in [1.807, 2.05) is 42.5 Å². The molecular formula is C22H17NO5. The number of hydroxylamine groups is 2. The molecule has 0 spiro atoms. The van der Waals surface area contributed by atoms with E-state index >= 15 is 0 Å². The van der Waals surface area contributed by atoms with Crippen molar-refractivity contribution >= 4 is 28.6 Å². The van der Waals surface area contributed by atoms with Crippen molar-refractivity contribution in [2.75, 3.05) is 7.11 Å². The summed E-state index contributed by atoms with van der Waals surface area (Å²) in [7, 11) is 1.24. The van der Waals surface area contributed by atoms with Crippen molar-refractivity contribution in [1.82, 2.24) is 5.06 Å². The topological polar surface area (TPSA) is 72.9 Å². The van der Waals surface area contributed by atoms with Crippen LogP contribution >= 0.6 is 0 Å². The van der Waals surface area contributed by atoms with Crippen molar-refractivity contribution in [1.29, 1.82) is 0 Å². The van der Waals surface area contributed by atoms with Crippen LogP contribution in [0.25, 0.3) is 10.8 Å². The lowest BCUT2D eigenvalue weighted by atomic mass is 10.0. The van der Waals surface area contributed by atoms with Gasteiger partial charge in [-0.3, -0.25) is 9.59 Å². The zero-order valence-electron chi connectivity index (χ0n) is 15.1. The third-order valence-electron chi connectivity index (χ3n) is 4.69. The lowest BCUT2D eigenvalue weighted by molar-refractivity contribution is -0.177. The van der Waals surface area contributed by atoms with Crippen LogP contribution in [0.1, 0.15) is 26.3 Å². The molecule has 1 unspecified atom stereocenters. The first-order valence-electron chi connectivity index (χ1n) is 8.78. The van der Waals surface area contributed by atoms with Crippen molar-refractivity contribution in [2.45, 2.75) is 12.5 Å². The first kappa shape index (κ1) is 17.9. The number of methoxy groups -OCH3 is 1. The molecule has 4 rings (SSSR count). The van der Waals surface area contributed by atoms with Gasteiger partial charge in [0.1, 0.15) is 0 Å². The van der Waals surface area contributed by atoms with E-state index in [0.29, 0.717) is 5.06 Å². The lowest BCUT2D eigenvalue weighted by Gasteiger charge is -2.20. The molecule has 6 nitrogen and oxygen atoms in total. The standard InChI is InChI=1S/C22H17NO5/c1-27-22(26)19(13-14-10-11-15-6-2-3-7-16(15)12-14)28-23-20(24)17-8-4-5-9-18(17)21(23)25/h2-12,19H,13H2,1H3. The molecule has 1 aliphatic heterocycles. The third kappa shape index (κ3) is 3.14. The maximum Gasteiger partial charge on any atom is 0.338 e. The number of esters is 1. The molecule has 1 aliphatic rings. The van der Waals surface area contributed by atoms with E-state index in [1.165, 1.54) is 7.11 Å². The summed E-state index contributed by atoms with van der Waals surface area (Å²) in [4.78, 5) is 42.8. The Hall–Kier alpha value is -3.51. The van der Waals surface area contributed by atoms with Gasteiger partial charge in [0.2, 0.25) is 0 Å². The Morgan fingerprint density at radius 1 is 0.893 bits per heavy atom. The van der Waals surface area contributed by atoms with E-state index in [4.69, 9.17) is 9.57 Å². The number of carbonyl (C=O) groups is 3. The van der Waals surface area contributed by atoms with Gasteiger partial charge in [0.05, 0.1) is 18.2 Å². The highest BCUT2D eigenvalue weighted by molar-refractivity contribution is 6.20. The molecule has 0 aliphatic carbocycles. The van der Waals surface area contributed by atoms with E-state index in [1.54, 1.807) is 24.3 Å². The van der Waals surface area contributed by atoms with Crippen molar-refractivity contribution < 1.29 is 24.0 Å². The van der Waals surface area contributed by atoms with Gasteiger partial charge in [0.15, 0.2) is 6.10 Å². The number of rotatable bonds is 5. The minimum absolute atomic E-state index is 0.158. The molecule has 0 aromatic heterocycles. The van der Waals surface area contributed by atoms with Crippen LogP contribution in [0.4, 0.5) is 0 Å². The average Bonchev–Trinajstić information content (AvgIpc) is 2.97. The number of fused-ring (bicyclic) bond motifs is 2. The number of carbonyl (C=O) groups excluding carboxylic acids is 3. The third-order valence-corrected chi connectivity index (χ3v) is 4.69. The summed E-state index contributed by atoms with van der Waals surface area (Å²) in [6, 6.07) is 20.0. The molecular weight excluding hydrogens is 358 g/mol. The molecule has 1 atom stereocenters. The molecule has 0 bridgehead atoms. The molecule has 0 saturated carbocycles. The zero-order chi connectivity index (χ0) is 19.7. The van der Waals surface area contributed by atoms with E-state index in [9.17, 15) is 14.4 Å². The quantitative estimate of drug-likeness (QED) is 0.506. The number of hydrogen-bond donors (Lipinski definition) is 0. The molecule has 3 aromatic rings. The molecule has 0 N–H and O–H groups in total. The number of amides is 2. The minimum atomic E-state index is -1.13. The van der Waals surface area contributed by atoms with Gasteiger partial charge in [-0.25, -0.2) is 9.63 Å². The van der Waals surface area contributed by atoms with Gasteiger partial charge in [-0.2, -0.15) is 0 Å². The van der Waals surface area contributed by atoms with E-state index in [-0.39, 0.29) is 17.5 Å². The molecule has 3 aromatic carbocycles. The van der Waals surface area contributed by atoms with Gasteiger partial charge in [-0.15, -0.1) is 5.06 Å². The maximum absolute atomic E-state index is 12.5. The normalized spacial score (nSPS) is 14.2. The van der Waals surface area contributed by atoms with Gasteiger partial charge in [0.25, 0.3) is 11.8 Å². The molecule has 6 heteroatoms. The predicted molar refractivity (Wildman–Crippen MR) is 101 cm³/mol. The highest BCUT2D eigenvalue weighted by atomic mass is 16.7. The highest BCUT2D eigenvalue weighted by Crippen LogP contribution is 2.25. The summed E-state index contributed by atoms with van der Waals surface area (Å²) in [5, 5.41) is 2.74. The molecule has 0 radical (unpaired) electrons. The van der Waals surface area contributed by atoms with Crippen LogP contribution in [0.3, 0.4) is 0 Å². The van der Waals surface area contributed by atoms with Crippen LogP contribution in [0.5, 0.6) is 0 Å². The van der Waals surface area contributed by atoms with E-state index < -0.39 is 23.9 Å². The Bertz CT molecular complexity index is 1060. The van der Waals surface area contributed by atoms with Crippen LogP contribution in [-0.2, 0) is 20.8 Å². The number of benzene rings is 3. The van der Waals surface area contributed by atoms with Gasteiger partial charge in [-0.05, 0) is 28.5 Å². The average molecular weight is 375 g/mol. The lowest BCUT2D eigenvalue weighted by Crippen LogP contribution is -2.39. The van der Waals surface area contributed by atoms with Crippen molar-refractivity contribution in [3.63, 3.8) is 0 Å². The van der Waals surface area contributed by atoms with Gasteiger partial charge in [0, 0.05) is 6.42 Å². The number of imide groups is 1. The summed E-state index contributed by atoms with van der Waals surface area (Å²) in [6.07, 6.45) is -0.973. The Morgan fingerprint density at radius 2 is 1.50 bits per heavy atom. The van der Waals surface area contributed by atoms with Crippen molar-refractivity contribution in [3.8, 4) is 0 Å². The zero-order valence-corrected chi connectivity index (χ0v) is 15.1. The smallest absolute Gasteiger partial charge is 0.338 e. The summed E-state index contributed by atoms with van der Waals surface area (Å²) >= 11 is 0. The predicted octanol–water partition coefficient (Wildman–Crippen LogP) is 3.15. The first-order valence-corrected chi connectivity index (χ1v) is 8.78. The summed E-state index contributed by atoms with van der Waals surface area (Å²) in [5.74, 6) is -1.84. The first-order chi connectivity index (χ1) is 13.6. The number of ether oxygens (including phenoxy) is 1.